The molecule has 0 saturated carbocycles. The highest BCUT2D eigenvalue weighted by molar-refractivity contribution is 7.26. The summed E-state index contributed by atoms with van der Waals surface area (Å²) in [6.07, 6.45) is 12.0. The Bertz CT molecular complexity index is 3190. The minimum Gasteiger partial charge on any atom is -0.478 e. The van der Waals surface area contributed by atoms with Gasteiger partial charge < -0.3 is 14.4 Å². The number of rotatable bonds is 4. The number of benzene rings is 7. The molecule has 4 aliphatic carbocycles. The van der Waals surface area contributed by atoms with Crippen molar-refractivity contribution in [3.05, 3.63) is 228 Å². The molecule has 59 heavy (non-hydrogen) atoms. The van der Waals surface area contributed by atoms with Crippen LogP contribution in [0.25, 0.3) is 36.9 Å². The smallest absolute Gasteiger partial charge is 0.170 e. The Balaban J connectivity index is 0.931. The molecule has 0 radical (unpaired) electrons. The van der Waals surface area contributed by atoms with Gasteiger partial charge in [0.2, 0.25) is 0 Å². The van der Waals surface area contributed by atoms with Crippen molar-refractivity contribution >= 4 is 54.1 Å². The van der Waals surface area contributed by atoms with Gasteiger partial charge in [-0.05, 0) is 100.0 Å². The summed E-state index contributed by atoms with van der Waals surface area (Å²) in [7, 11) is 0. The van der Waals surface area contributed by atoms with E-state index in [9.17, 15) is 0 Å². The molecule has 0 N–H and O–H groups in total. The number of para-hydroxylation sites is 2. The predicted octanol–water partition coefficient (Wildman–Crippen LogP) is 14.0. The Morgan fingerprint density at radius 3 is 2.36 bits per heavy atom. The second-order valence-electron chi connectivity index (χ2n) is 16.1. The number of hydrogen-bond donors (Lipinski definition) is 0. The third-order valence-corrected chi connectivity index (χ3v) is 14.4. The number of fused-ring (bicyclic) bond motifs is 15. The third-order valence-electron chi connectivity index (χ3n) is 13.2. The number of ether oxygens (including phenoxy) is 2. The second-order valence-corrected chi connectivity index (χ2v) is 17.2. The first-order valence-electron chi connectivity index (χ1n) is 20.6. The molecule has 7 aromatic carbocycles. The maximum absolute atomic E-state index is 7.22. The van der Waals surface area contributed by atoms with Crippen LogP contribution in [0.2, 0.25) is 0 Å². The van der Waals surface area contributed by atoms with Crippen molar-refractivity contribution in [2.45, 2.75) is 30.0 Å². The summed E-state index contributed by atoms with van der Waals surface area (Å²) in [5.41, 5.74) is 14.5. The first-order chi connectivity index (χ1) is 29.3. The molecule has 2 heterocycles. The van der Waals surface area contributed by atoms with Crippen molar-refractivity contribution in [3.8, 4) is 22.6 Å². The molecule has 0 bridgehead atoms. The van der Waals surface area contributed by atoms with Gasteiger partial charge in [0.25, 0.3) is 0 Å². The van der Waals surface area contributed by atoms with Gasteiger partial charge >= 0.3 is 0 Å². The highest BCUT2D eigenvalue weighted by Gasteiger charge is 2.58. The quantitative estimate of drug-likeness (QED) is 0.178. The molecule has 3 nitrogen and oxygen atoms in total. The van der Waals surface area contributed by atoms with Gasteiger partial charge in [-0.3, -0.25) is 0 Å². The monoisotopic (exact) mass is 775 g/mol. The molecule has 4 atom stereocenters. The fourth-order valence-electron chi connectivity index (χ4n) is 10.9. The van der Waals surface area contributed by atoms with E-state index in [1.54, 1.807) is 0 Å². The molecular formula is C55H37NO2S. The molecule has 8 aromatic rings. The van der Waals surface area contributed by atoms with Crippen molar-refractivity contribution in [2.24, 2.45) is 0 Å². The lowest BCUT2D eigenvalue weighted by Crippen LogP contribution is -2.41. The van der Waals surface area contributed by atoms with Gasteiger partial charge in [0, 0.05) is 48.6 Å². The van der Waals surface area contributed by atoms with E-state index in [2.05, 4.69) is 199 Å². The summed E-state index contributed by atoms with van der Waals surface area (Å²) >= 11 is 1.85. The van der Waals surface area contributed by atoms with E-state index in [0.29, 0.717) is 5.92 Å². The molecular weight excluding hydrogens is 739 g/mol. The lowest BCUT2D eigenvalue weighted by atomic mass is 9.67. The van der Waals surface area contributed by atoms with Gasteiger partial charge in [0.1, 0.15) is 0 Å². The van der Waals surface area contributed by atoms with Crippen LogP contribution in [-0.4, -0.2) is 12.2 Å². The van der Waals surface area contributed by atoms with Crippen LogP contribution in [0.15, 0.2) is 205 Å². The SMILES string of the molecule is C1=CCC2C(=C1)C1(C3=C(c4ccccc41)C1Oc4cccc(-c5cccc(N(c6ccccc6)c6cccc7sc8ccccc8c67)c5)c4OC1C=C3)c1ccccc12. The molecule has 1 aromatic heterocycles. The molecule has 0 fully saturated rings. The lowest BCUT2D eigenvalue weighted by molar-refractivity contribution is 0.0818. The van der Waals surface area contributed by atoms with Crippen molar-refractivity contribution in [1.29, 1.82) is 0 Å². The van der Waals surface area contributed by atoms with Gasteiger partial charge in [-0.15, -0.1) is 11.3 Å². The van der Waals surface area contributed by atoms with Gasteiger partial charge in [0.15, 0.2) is 23.7 Å². The summed E-state index contributed by atoms with van der Waals surface area (Å²) < 4.78 is 16.9. The number of thiophene rings is 1. The molecule has 13 rings (SSSR count). The number of allylic oxidation sites excluding steroid dienone is 6. The van der Waals surface area contributed by atoms with Crippen LogP contribution >= 0.6 is 11.3 Å². The highest BCUT2D eigenvalue weighted by Crippen LogP contribution is 2.66. The molecule has 0 saturated heterocycles. The fraction of sp³-hybridized carbons (Fsp3) is 0.0909. The van der Waals surface area contributed by atoms with Crippen LogP contribution in [0, 0.1) is 0 Å². The Hall–Kier alpha value is -6.88. The Kier molecular flexibility index (Phi) is 7.05. The van der Waals surface area contributed by atoms with Gasteiger partial charge in [0.05, 0.1) is 11.1 Å². The highest BCUT2D eigenvalue weighted by atomic mass is 32.1. The van der Waals surface area contributed by atoms with Crippen molar-refractivity contribution in [1.82, 2.24) is 0 Å². The summed E-state index contributed by atoms with van der Waals surface area (Å²) in [6, 6.07) is 59.4. The van der Waals surface area contributed by atoms with E-state index >= 15 is 0 Å². The van der Waals surface area contributed by atoms with Crippen LogP contribution in [0.4, 0.5) is 17.1 Å². The molecule has 4 unspecified atom stereocenters. The molecule has 0 amide bonds. The standard InChI is InChI=1S/C55H37NO2S/c1-2-16-35(17-3-1)56(46-27-14-30-50-52(46)41-22-7-11-29-49(41)59-50)36-18-12-15-34(33-36)37-23-13-28-47-53(37)57-48-32-31-45-51(54(48)58-47)40-21-6-10-26-44(40)55(45)42-24-8-4-19-38(42)39-20-5-9-25-43(39)55/h1-19,21-33,39,48,54H,20H2. The van der Waals surface area contributed by atoms with E-state index in [1.807, 2.05) is 11.3 Å². The second kappa shape index (κ2) is 12.6. The van der Waals surface area contributed by atoms with Crippen molar-refractivity contribution in [2.75, 3.05) is 4.90 Å². The van der Waals surface area contributed by atoms with Gasteiger partial charge in [-0.25, -0.2) is 0 Å². The Labute approximate surface area is 347 Å². The molecule has 4 heteroatoms. The average Bonchev–Trinajstić information content (AvgIpc) is 3.93. The number of hydrogen-bond acceptors (Lipinski definition) is 4. The van der Waals surface area contributed by atoms with E-state index in [-0.39, 0.29) is 17.6 Å². The fourth-order valence-corrected chi connectivity index (χ4v) is 12.1. The van der Waals surface area contributed by atoms with Crippen LogP contribution < -0.4 is 14.4 Å². The lowest BCUT2D eigenvalue weighted by Gasteiger charge is -2.39. The van der Waals surface area contributed by atoms with Crippen molar-refractivity contribution in [3.63, 3.8) is 0 Å². The number of anilines is 3. The van der Waals surface area contributed by atoms with E-state index in [1.165, 1.54) is 59.1 Å². The Morgan fingerprint density at radius 2 is 1.41 bits per heavy atom. The summed E-state index contributed by atoms with van der Waals surface area (Å²) in [4.78, 5) is 2.39. The summed E-state index contributed by atoms with van der Waals surface area (Å²) in [6.45, 7) is 0. The average molecular weight is 776 g/mol. The zero-order valence-corrected chi connectivity index (χ0v) is 32.9. The predicted molar refractivity (Wildman–Crippen MR) is 243 cm³/mol. The zero-order valence-electron chi connectivity index (χ0n) is 32.1. The first-order valence-corrected chi connectivity index (χ1v) is 21.4. The first kappa shape index (κ1) is 33.1. The van der Waals surface area contributed by atoms with Gasteiger partial charge in [-0.2, -0.15) is 0 Å². The van der Waals surface area contributed by atoms with Gasteiger partial charge in [-0.1, -0.05) is 140 Å². The summed E-state index contributed by atoms with van der Waals surface area (Å²) in [5.74, 6) is 1.91. The molecule has 1 spiro atoms. The largest absolute Gasteiger partial charge is 0.478 e. The normalized spacial score (nSPS) is 21.6. The topological polar surface area (TPSA) is 21.7 Å². The van der Waals surface area contributed by atoms with E-state index < -0.39 is 0 Å². The third kappa shape index (κ3) is 4.58. The van der Waals surface area contributed by atoms with Crippen molar-refractivity contribution < 1.29 is 9.47 Å². The maximum Gasteiger partial charge on any atom is 0.170 e. The molecule has 5 aliphatic rings. The summed E-state index contributed by atoms with van der Waals surface area (Å²) in [5, 5.41) is 2.54. The molecule has 280 valence electrons. The zero-order chi connectivity index (χ0) is 38.7. The minimum absolute atomic E-state index is 0.285. The van der Waals surface area contributed by atoms with E-state index in [4.69, 9.17) is 9.47 Å². The van der Waals surface area contributed by atoms with Crippen LogP contribution in [-0.2, 0) is 5.41 Å². The van der Waals surface area contributed by atoms with Crippen LogP contribution in [0.1, 0.15) is 34.6 Å². The maximum atomic E-state index is 7.22. The van der Waals surface area contributed by atoms with Crippen LogP contribution in [0.3, 0.4) is 0 Å². The molecule has 1 aliphatic heterocycles. The Morgan fingerprint density at radius 1 is 0.644 bits per heavy atom. The van der Waals surface area contributed by atoms with E-state index in [0.717, 1.165) is 46.1 Å². The van der Waals surface area contributed by atoms with Crippen LogP contribution in [0.5, 0.6) is 11.5 Å². The minimum atomic E-state index is -0.352. The number of nitrogens with zero attached hydrogens (tertiary/aromatic N) is 1.